The van der Waals surface area contributed by atoms with Gasteiger partial charge in [-0.25, -0.2) is 4.79 Å². The van der Waals surface area contributed by atoms with Gasteiger partial charge in [0.15, 0.2) is 5.66 Å². The molecule has 1 saturated heterocycles. The number of cyclic esters (lactones) is 1. The fourth-order valence-corrected chi connectivity index (χ4v) is 8.60. The van der Waals surface area contributed by atoms with E-state index in [4.69, 9.17) is 4.74 Å². The van der Waals surface area contributed by atoms with Crippen molar-refractivity contribution in [3.05, 3.63) is 91.0 Å². The Hall–Kier alpha value is -1.96. The molecule has 2 nitrogen and oxygen atoms in total. The second kappa shape index (κ2) is 8.16. The summed E-state index contributed by atoms with van der Waals surface area (Å²) in [5.41, 5.74) is -0.125. The first kappa shape index (κ1) is 18.8. The summed E-state index contributed by atoms with van der Waals surface area (Å²) in [6.07, 6.45) is 0.769. The number of esters is 1. The van der Waals surface area contributed by atoms with Crippen LogP contribution in [0.25, 0.3) is 0 Å². The van der Waals surface area contributed by atoms with E-state index in [9.17, 15) is 4.79 Å². The van der Waals surface area contributed by atoms with E-state index in [1.54, 1.807) is 0 Å². The average molecular weight is 427 g/mol. The number of carbonyl (C=O) groups is 1. The van der Waals surface area contributed by atoms with E-state index in [0.717, 1.165) is 6.42 Å². The fraction of sp³-hybridized carbons (Fsp3) is 0.136. The van der Waals surface area contributed by atoms with E-state index in [1.807, 2.05) is 18.2 Å². The third-order valence-electron chi connectivity index (χ3n) is 4.87. The number of ether oxygens (including phenoxy) is 1. The largest absolute Gasteiger partial charge is 1.00 e. The van der Waals surface area contributed by atoms with Gasteiger partial charge in [-0.15, -0.1) is 0 Å². The van der Waals surface area contributed by atoms with Crippen LogP contribution >= 0.6 is 7.26 Å². The van der Waals surface area contributed by atoms with E-state index in [1.165, 1.54) is 15.9 Å². The van der Waals surface area contributed by atoms with Gasteiger partial charge in [0.05, 0.1) is 6.61 Å². The summed E-state index contributed by atoms with van der Waals surface area (Å²) in [6, 6.07) is 31.5. The van der Waals surface area contributed by atoms with Crippen molar-refractivity contribution in [2.75, 3.05) is 6.61 Å². The molecule has 4 heteroatoms. The summed E-state index contributed by atoms with van der Waals surface area (Å²) < 4.78 is 5.42. The van der Waals surface area contributed by atoms with Gasteiger partial charge < -0.3 is 21.7 Å². The summed E-state index contributed by atoms with van der Waals surface area (Å²) in [5.74, 6) is -0.0649. The average Bonchev–Trinajstić information content (AvgIpc) is 3.12. The third-order valence-corrected chi connectivity index (χ3v) is 9.61. The molecule has 0 bridgehead atoms. The van der Waals surface area contributed by atoms with E-state index in [0.29, 0.717) is 6.61 Å². The zero-order chi connectivity index (χ0) is 17.1. The first-order chi connectivity index (χ1) is 12.3. The van der Waals surface area contributed by atoms with Gasteiger partial charge in [0.1, 0.15) is 23.2 Å². The molecule has 3 aromatic carbocycles. The molecule has 132 valence electrons. The molecule has 1 unspecified atom stereocenters. The van der Waals surface area contributed by atoms with Crippen molar-refractivity contribution in [1.82, 2.24) is 0 Å². The molecule has 0 aromatic heterocycles. The molecule has 0 radical (unpaired) electrons. The Morgan fingerprint density at radius 3 is 1.38 bits per heavy atom. The highest BCUT2D eigenvalue weighted by molar-refractivity contribution is 7.96. The summed E-state index contributed by atoms with van der Waals surface area (Å²) >= 11 is 0. The Morgan fingerprint density at radius 2 is 1.08 bits per heavy atom. The van der Waals surface area contributed by atoms with Crippen molar-refractivity contribution in [2.24, 2.45) is 0 Å². The van der Waals surface area contributed by atoms with Crippen molar-refractivity contribution >= 4 is 29.1 Å². The van der Waals surface area contributed by atoms with Crippen LogP contribution in [0.4, 0.5) is 0 Å². The standard InChI is InChI=1S/C22H20O2P.BrH/c23-22-21(16-17-24-22)25(18-10-4-1-5-11-18,19-12-6-2-7-13-19)20-14-8-3-9-15-20;/h1-15,21H,16-17H2;1H/q+1;/p-1. The van der Waals surface area contributed by atoms with Crippen LogP contribution in [0.15, 0.2) is 91.0 Å². The number of carbonyl (C=O) groups excluding carboxylic acids is 1. The van der Waals surface area contributed by atoms with Crippen LogP contribution in [-0.2, 0) is 9.53 Å². The van der Waals surface area contributed by atoms with Gasteiger partial charge in [-0.05, 0) is 36.4 Å². The van der Waals surface area contributed by atoms with Crippen molar-refractivity contribution in [3.8, 4) is 0 Å². The first-order valence-corrected chi connectivity index (χ1v) is 10.4. The van der Waals surface area contributed by atoms with Crippen LogP contribution in [0.5, 0.6) is 0 Å². The number of halogens is 1. The lowest BCUT2D eigenvalue weighted by Crippen LogP contribution is -3.00. The minimum absolute atomic E-state index is 0. The molecular formula is C22H20BrO2P. The number of benzene rings is 3. The molecule has 1 aliphatic rings. The molecule has 0 saturated carbocycles. The number of hydrogen-bond donors (Lipinski definition) is 0. The van der Waals surface area contributed by atoms with E-state index in [-0.39, 0.29) is 28.6 Å². The van der Waals surface area contributed by atoms with Crippen molar-refractivity contribution in [1.29, 1.82) is 0 Å². The van der Waals surface area contributed by atoms with Gasteiger partial charge in [0.25, 0.3) is 0 Å². The highest BCUT2D eigenvalue weighted by Crippen LogP contribution is 2.61. The molecule has 0 N–H and O–H groups in total. The van der Waals surface area contributed by atoms with E-state index in [2.05, 4.69) is 72.8 Å². The first-order valence-electron chi connectivity index (χ1n) is 8.55. The molecule has 1 fully saturated rings. The Morgan fingerprint density at radius 1 is 0.692 bits per heavy atom. The third kappa shape index (κ3) is 3.11. The minimum atomic E-state index is -2.13. The highest BCUT2D eigenvalue weighted by atomic mass is 79.9. The summed E-state index contributed by atoms with van der Waals surface area (Å²) in [4.78, 5) is 12.7. The molecule has 0 amide bonds. The van der Waals surface area contributed by atoms with Gasteiger partial charge >= 0.3 is 5.97 Å². The Balaban J connectivity index is 0.00000196. The predicted molar refractivity (Wildman–Crippen MR) is 105 cm³/mol. The molecule has 1 heterocycles. The van der Waals surface area contributed by atoms with E-state index >= 15 is 0 Å². The van der Waals surface area contributed by atoms with Crippen molar-refractivity contribution in [3.63, 3.8) is 0 Å². The zero-order valence-corrected chi connectivity index (χ0v) is 16.8. The smallest absolute Gasteiger partial charge is 0.348 e. The molecule has 4 rings (SSSR count). The Bertz CT molecular complexity index is 756. The topological polar surface area (TPSA) is 26.3 Å². The normalized spacial score (nSPS) is 16.6. The van der Waals surface area contributed by atoms with Gasteiger partial charge in [0.2, 0.25) is 0 Å². The molecule has 0 aliphatic carbocycles. The lowest BCUT2D eigenvalue weighted by Gasteiger charge is -2.30. The molecule has 3 aromatic rings. The Kier molecular flexibility index (Phi) is 5.90. The van der Waals surface area contributed by atoms with Gasteiger partial charge in [-0.3, -0.25) is 0 Å². The molecule has 1 atom stereocenters. The van der Waals surface area contributed by atoms with Crippen LogP contribution in [0, 0.1) is 0 Å². The summed E-state index contributed by atoms with van der Waals surface area (Å²) in [6.45, 7) is 0.512. The predicted octanol–water partition coefficient (Wildman–Crippen LogP) is 0.300. The van der Waals surface area contributed by atoms with Crippen LogP contribution < -0.4 is 32.9 Å². The lowest BCUT2D eigenvalue weighted by atomic mass is 10.3. The quantitative estimate of drug-likeness (QED) is 0.443. The lowest BCUT2D eigenvalue weighted by molar-refractivity contribution is -0.137. The van der Waals surface area contributed by atoms with Crippen LogP contribution in [-0.4, -0.2) is 18.2 Å². The molecule has 1 aliphatic heterocycles. The van der Waals surface area contributed by atoms with Crippen LogP contribution in [0.3, 0.4) is 0 Å². The molecule has 26 heavy (non-hydrogen) atoms. The molecular weight excluding hydrogens is 407 g/mol. The Labute approximate surface area is 165 Å². The number of rotatable bonds is 4. The highest BCUT2D eigenvalue weighted by Gasteiger charge is 2.57. The summed E-state index contributed by atoms with van der Waals surface area (Å²) in [5, 5.41) is 3.70. The van der Waals surface area contributed by atoms with Crippen LogP contribution in [0.2, 0.25) is 0 Å². The van der Waals surface area contributed by atoms with Crippen LogP contribution in [0.1, 0.15) is 6.42 Å². The maximum atomic E-state index is 12.7. The SMILES string of the molecule is O=C1OCCC1[P+](c1ccccc1)(c1ccccc1)c1ccccc1.[Br-]. The molecule has 0 spiro atoms. The van der Waals surface area contributed by atoms with Crippen molar-refractivity contribution in [2.45, 2.75) is 12.1 Å². The zero-order valence-electron chi connectivity index (χ0n) is 14.3. The monoisotopic (exact) mass is 426 g/mol. The van der Waals surface area contributed by atoms with Gasteiger partial charge in [-0.2, -0.15) is 0 Å². The fourth-order valence-electron chi connectivity index (χ4n) is 3.81. The van der Waals surface area contributed by atoms with Gasteiger partial charge in [0, 0.05) is 6.42 Å². The second-order valence-corrected chi connectivity index (χ2v) is 9.82. The van der Waals surface area contributed by atoms with E-state index < -0.39 is 7.26 Å². The summed E-state index contributed by atoms with van der Waals surface area (Å²) in [7, 11) is -2.13. The van der Waals surface area contributed by atoms with Gasteiger partial charge in [-0.1, -0.05) is 54.6 Å². The maximum Gasteiger partial charge on any atom is 0.348 e. The number of hydrogen-bond acceptors (Lipinski definition) is 2. The maximum absolute atomic E-state index is 12.7. The minimum Gasteiger partial charge on any atom is -1.00 e. The van der Waals surface area contributed by atoms with Crippen molar-refractivity contribution < 1.29 is 26.5 Å². The second-order valence-electron chi connectivity index (χ2n) is 6.20.